The molecule has 0 fully saturated rings. The number of hydrogen-bond donors (Lipinski definition) is 2. The van der Waals surface area contributed by atoms with Crippen molar-refractivity contribution in [3.63, 3.8) is 0 Å². The Labute approximate surface area is 186 Å². The summed E-state index contributed by atoms with van der Waals surface area (Å²) in [4.78, 5) is 4.36. The van der Waals surface area contributed by atoms with Gasteiger partial charge in [0.05, 0.1) is 0 Å². The van der Waals surface area contributed by atoms with E-state index in [9.17, 15) is 0 Å². The van der Waals surface area contributed by atoms with E-state index in [1.807, 2.05) is 31.8 Å². The van der Waals surface area contributed by atoms with Gasteiger partial charge in [-0.25, -0.2) is 5.26 Å². The second-order valence-corrected chi connectivity index (χ2v) is 14.4. The summed E-state index contributed by atoms with van der Waals surface area (Å²) in [6.07, 6.45) is 2.32. The van der Waals surface area contributed by atoms with Crippen LogP contribution >= 0.6 is 0 Å². The molecule has 3 N–H and O–H groups in total. The Morgan fingerprint density at radius 2 is 1.64 bits per heavy atom. The van der Waals surface area contributed by atoms with Gasteiger partial charge >= 0.3 is 77.7 Å². The number of para-hydroxylation sites is 2. The van der Waals surface area contributed by atoms with Crippen LogP contribution in [0, 0.1) is 11.0 Å². The second-order valence-electron chi connectivity index (χ2n) is 7.37. The van der Waals surface area contributed by atoms with Gasteiger partial charge in [0.1, 0.15) is 0 Å². The molecule has 0 spiro atoms. The zero-order valence-electron chi connectivity index (χ0n) is 16.7. The first-order valence-corrected chi connectivity index (χ1v) is 14.7. The predicted octanol–water partition coefficient (Wildman–Crippen LogP) is 3.97. The maximum atomic E-state index is 8.21. The predicted molar refractivity (Wildman–Crippen MR) is 125 cm³/mol. The number of aliphatic imine (C=N–C) groups is 1. The van der Waals surface area contributed by atoms with Gasteiger partial charge in [0.25, 0.3) is 0 Å². The number of hydrogen-bond acceptors (Lipinski definition) is 4. The molecule has 2 aliphatic rings. The molecule has 28 heavy (non-hydrogen) atoms. The Bertz CT molecular complexity index is 803. The average molecular weight is 522 g/mol. The monoisotopic (exact) mass is 524 g/mol. The molecule has 2 heterocycles. The van der Waals surface area contributed by atoms with Crippen LogP contribution in [0.15, 0.2) is 53.5 Å². The molecule has 0 saturated carbocycles. The number of fused-ring (bicyclic) bond motifs is 2. The van der Waals surface area contributed by atoms with Crippen LogP contribution in [-0.2, 0) is 12.8 Å². The van der Waals surface area contributed by atoms with Crippen LogP contribution in [0.4, 0.5) is 11.4 Å². The topological polar surface area (TPSA) is 74.2 Å². The van der Waals surface area contributed by atoms with Crippen molar-refractivity contribution >= 4 is 56.2 Å². The number of nitrogens with zero attached hydrogens (tertiary/aromatic N) is 2. The van der Waals surface area contributed by atoms with Crippen LogP contribution in [0.2, 0.25) is 25.0 Å². The van der Waals surface area contributed by atoms with Crippen molar-refractivity contribution in [2.75, 3.05) is 11.9 Å². The molecule has 4 nitrogen and oxygen atoms in total. The first kappa shape index (κ1) is 24.5. The largest absolute Gasteiger partial charge is 0.384 e. The van der Waals surface area contributed by atoms with Crippen molar-refractivity contribution in [3.05, 3.63) is 59.7 Å². The zero-order valence-corrected chi connectivity index (χ0v) is 21.2. The smallest absolute Gasteiger partial charge is 0.0373 e. The zero-order chi connectivity index (χ0) is 19.7. The number of rotatable bonds is 0. The maximum absolute atomic E-state index is 8.21. The molecule has 2 aromatic rings. The van der Waals surface area contributed by atoms with Gasteiger partial charge in [-0.2, -0.15) is 0 Å². The summed E-state index contributed by atoms with van der Waals surface area (Å²) < 4.78 is 0.826. The van der Waals surface area contributed by atoms with Crippen LogP contribution in [0.3, 0.4) is 0 Å². The van der Waals surface area contributed by atoms with Crippen molar-refractivity contribution in [2.45, 2.75) is 37.8 Å². The molecule has 2 aromatic carbocycles. The summed E-state index contributed by atoms with van der Waals surface area (Å²) in [6.45, 7) is 7.17. The molecule has 2 radical (unpaired) electrons. The van der Waals surface area contributed by atoms with Gasteiger partial charge in [0.2, 0.25) is 0 Å². The van der Waals surface area contributed by atoms with Crippen molar-refractivity contribution in [2.24, 2.45) is 10.7 Å². The van der Waals surface area contributed by atoms with Crippen LogP contribution in [0.1, 0.15) is 11.1 Å². The Hall–Kier alpha value is -1.54. The van der Waals surface area contributed by atoms with Crippen molar-refractivity contribution in [1.29, 1.82) is 5.26 Å². The summed E-state index contributed by atoms with van der Waals surface area (Å²) >= 11 is 0.402. The van der Waals surface area contributed by atoms with Crippen molar-refractivity contribution in [3.8, 4) is 5.69 Å². The quantitative estimate of drug-likeness (QED) is 0.515. The van der Waals surface area contributed by atoms with E-state index in [4.69, 9.17) is 11.0 Å². The van der Waals surface area contributed by atoms with Gasteiger partial charge < -0.3 is 5.32 Å². The van der Waals surface area contributed by atoms with Crippen molar-refractivity contribution < 1.29 is 0 Å². The molecule has 0 aromatic heterocycles. The fraction of sp³-hybridized carbons (Fsp3) is 0.333. The standard InChI is InChI=1S/C9H10N2Se.C8H9N.C4H9NSi.Se/c10-9-11-8-4-2-1-3-7(8)5-6-12-9;1-2-4-8-7(3-1)5-6-9-8;1-6(2,3)4-5;/h1-4H,5-6H2,(H2,10,11);1-4,9H,5-6H2;1-3H3;. The number of anilines is 1. The van der Waals surface area contributed by atoms with Gasteiger partial charge in [0.15, 0.2) is 8.07 Å². The van der Waals surface area contributed by atoms with Gasteiger partial charge in [-0.05, 0) is 18.1 Å². The minimum atomic E-state index is -1.33. The third-order valence-electron chi connectivity index (χ3n) is 3.91. The van der Waals surface area contributed by atoms with E-state index in [1.165, 1.54) is 28.6 Å². The maximum Gasteiger partial charge on any atom is 0.0373 e. The molecular formula is C21H28N4Se2Si. The molecular weight excluding hydrogens is 494 g/mol. The van der Waals surface area contributed by atoms with E-state index in [2.05, 4.69) is 52.4 Å². The molecule has 0 amide bonds. The molecule has 2 aliphatic heterocycles. The molecule has 4 rings (SSSR count). The van der Waals surface area contributed by atoms with Gasteiger partial charge in [-0.1, -0.05) is 37.8 Å². The molecule has 0 bridgehead atoms. The van der Waals surface area contributed by atoms with E-state index in [0.29, 0.717) is 15.0 Å². The second kappa shape index (κ2) is 12.1. The summed E-state index contributed by atoms with van der Waals surface area (Å²) in [7, 11) is -1.33. The van der Waals surface area contributed by atoms with Crippen LogP contribution in [0.25, 0.3) is 0 Å². The van der Waals surface area contributed by atoms with E-state index in [0.717, 1.165) is 23.4 Å². The van der Waals surface area contributed by atoms with Gasteiger partial charge in [0, 0.05) is 35.0 Å². The Morgan fingerprint density at radius 1 is 1.04 bits per heavy atom. The summed E-state index contributed by atoms with van der Waals surface area (Å²) in [6, 6.07) is 16.7. The van der Waals surface area contributed by atoms with Gasteiger partial charge in [-0.15, -0.1) is 0 Å². The van der Waals surface area contributed by atoms with E-state index in [-0.39, 0.29) is 17.1 Å². The third-order valence-corrected chi connectivity index (χ3v) is 6.25. The minimum absolute atomic E-state index is 0. The Morgan fingerprint density at radius 3 is 2.29 bits per heavy atom. The molecule has 0 unspecified atom stereocenters. The SMILES string of the molecule is C[Si](C)(C)C#N.NC1=Nc2ccccc2CC[Se]1.[Se].c1ccc2c(c1)CCN2. The fourth-order valence-corrected chi connectivity index (χ4v) is 3.95. The van der Waals surface area contributed by atoms with Crippen LogP contribution < -0.4 is 11.1 Å². The number of benzene rings is 2. The summed E-state index contributed by atoms with van der Waals surface area (Å²) in [5.41, 5.74) is 13.1. The van der Waals surface area contributed by atoms with E-state index in [1.54, 1.807) is 0 Å². The molecule has 0 aliphatic carbocycles. The van der Waals surface area contributed by atoms with Crippen LogP contribution in [0.5, 0.6) is 0 Å². The summed E-state index contributed by atoms with van der Waals surface area (Å²) in [5, 5.41) is 12.7. The number of amidine groups is 1. The number of nitrogens with one attached hydrogen (secondary N) is 1. The van der Waals surface area contributed by atoms with E-state index >= 15 is 0 Å². The van der Waals surface area contributed by atoms with Crippen molar-refractivity contribution in [1.82, 2.24) is 0 Å². The Balaban J connectivity index is 0.000000219. The molecule has 148 valence electrons. The number of aryl methyl sites for hydroxylation is 1. The van der Waals surface area contributed by atoms with Crippen LogP contribution in [-0.4, -0.2) is 51.4 Å². The first-order chi connectivity index (χ1) is 12.9. The first-order valence-electron chi connectivity index (χ1n) is 9.17. The summed E-state index contributed by atoms with van der Waals surface area (Å²) in [5.74, 6) is 0. The average Bonchev–Trinajstić information content (AvgIpc) is 3.04. The van der Waals surface area contributed by atoms with E-state index < -0.39 is 8.07 Å². The minimum Gasteiger partial charge on any atom is -0.384 e. The Kier molecular flexibility index (Phi) is 10.6. The molecule has 0 saturated heterocycles. The normalized spacial score (nSPS) is 13.9. The third kappa shape index (κ3) is 8.64. The van der Waals surface area contributed by atoms with Gasteiger partial charge in [-0.3, -0.25) is 0 Å². The fourth-order valence-electron chi connectivity index (χ4n) is 2.49. The number of nitrogens with two attached hydrogens (primary N) is 1. The molecule has 0 atom stereocenters. The number of nitriles is 1. The molecule has 7 heteroatoms.